The van der Waals surface area contributed by atoms with Crippen LogP contribution in [0.15, 0.2) is 16.5 Å². The highest BCUT2D eigenvalue weighted by atomic mass is 16.6. The van der Waals surface area contributed by atoms with Gasteiger partial charge in [0.1, 0.15) is 4.92 Å². The molecule has 0 radical (unpaired) electrons. The number of nitro groups is 1. The minimum absolute atomic E-state index is 0.0895. The highest BCUT2D eigenvalue weighted by Crippen LogP contribution is 2.14. The molecule has 0 aromatic carbocycles. The predicted molar refractivity (Wildman–Crippen MR) is 29.1 cm³/mol. The van der Waals surface area contributed by atoms with Crippen LogP contribution < -0.4 is 5.11 Å². The van der Waals surface area contributed by atoms with Crippen molar-refractivity contribution in [2.24, 2.45) is 0 Å². The highest BCUT2D eigenvalue weighted by Gasteiger charge is 2.08. The van der Waals surface area contributed by atoms with E-state index in [2.05, 4.69) is 4.42 Å². The summed E-state index contributed by atoms with van der Waals surface area (Å²) in [5.74, 6) is -0.294. The van der Waals surface area contributed by atoms with Gasteiger partial charge in [0.2, 0.25) is 0 Å². The maximum absolute atomic E-state index is 10.1. The Morgan fingerprint density at radius 2 is 2.30 bits per heavy atom. The monoisotopic (exact) mass is 142 g/mol. The zero-order valence-electron chi connectivity index (χ0n) is 4.94. The van der Waals surface area contributed by atoms with Gasteiger partial charge < -0.3 is 9.52 Å². The molecule has 1 aromatic heterocycles. The molecule has 1 heterocycles. The van der Waals surface area contributed by atoms with Crippen LogP contribution in [0.3, 0.4) is 0 Å². The fourth-order valence-corrected chi connectivity index (χ4v) is 0.542. The smallest absolute Gasteiger partial charge is 0.433 e. The molecule has 0 saturated carbocycles. The van der Waals surface area contributed by atoms with Gasteiger partial charge in [0, 0.05) is 0 Å². The zero-order valence-corrected chi connectivity index (χ0v) is 4.94. The van der Waals surface area contributed by atoms with Gasteiger partial charge in [-0.3, -0.25) is 10.1 Å². The SMILES string of the molecule is O=[N+]([O-])c1ccc(C[O-])o1. The third kappa shape index (κ3) is 1.14. The number of rotatable bonds is 2. The summed E-state index contributed by atoms with van der Waals surface area (Å²) in [4.78, 5) is 9.26. The predicted octanol–water partition coefficient (Wildman–Crippen LogP) is 0.0481. The Labute approximate surface area is 56.0 Å². The van der Waals surface area contributed by atoms with E-state index in [0.29, 0.717) is 0 Å². The van der Waals surface area contributed by atoms with Gasteiger partial charge in [-0.25, -0.2) is 0 Å². The molecule has 0 aliphatic rings. The molecular formula is C5H4NO4-. The van der Waals surface area contributed by atoms with Gasteiger partial charge in [-0.2, -0.15) is 0 Å². The summed E-state index contributed by atoms with van der Waals surface area (Å²) in [6.07, 6.45) is 0. The maximum Gasteiger partial charge on any atom is 0.433 e. The summed E-state index contributed by atoms with van der Waals surface area (Å²) in [5.41, 5.74) is 0. The zero-order chi connectivity index (χ0) is 7.56. The molecule has 5 nitrogen and oxygen atoms in total. The quantitative estimate of drug-likeness (QED) is 0.431. The fraction of sp³-hybridized carbons (Fsp3) is 0.200. The van der Waals surface area contributed by atoms with Crippen molar-refractivity contribution in [1.29, 1.82) is 0 Å². The molecule has 5 heteroatoms. The molecule has 1 aromatic rings. The third-order valence-electron chi connectivity index (χ3n) is 0.970. The molecule has 0 unspecified atom stereocenters. The Bertz CT molecular complexity index is 242. The van der Waals surface area contributed by atoms with Gasteiger partial charge in [-0.1, -0.05) is 6.61 Å². The van der Waals surface area contributed by atoms with Gasteiger partial charge in [0.25, 0.3) is 0 Å². The van der Waals surface area contributed by atoms with Crippen LogP contribution in [-0.2, 0) is 6.61 Å². The molecule has 1 rings (SSSR count). The van der Waals surface area contributed by atoms with Gasteiger partial charge in [-0.15, -0.1) is 0 Å². The summed E-state index contributed by atoms with van der Waals surface area (Å²) in [5, 5.41) is 20.0. The number of furan rings is 1. The molecular weight excluding hydrogens is 138 g/mol. The van der Waals surface area contributed by atoms with Crippen LogP contribution in [0, 0.1) is 10.1 Å². The van der Waals surface area contributed by atoms with Crippen LogP contribution in [0.25, 0.3) is 0 Å². The minimum Gasteiger partial charge on any atom is -0.849 e. The third-order valence-corrected chi connectivity index (χ3v) is 0.970. The molecule has 10 heavy (non-hydrogen) atoms. The first kappa shape index (κ1) is 6.76. The van der Waals surface area contributed by atoms with Gasteiger partial charge in [-0.05, 0) is 6.07 Å². The molecule has 0 spiro atoms. The van der Waals surface area contributed by atoms with Crippen molar-refractivity contribution in [3.05, 3.63) is 28.0 Å². The molecule has 0 N–H and O–H groups in total. The first-order valence-electron chi connectivity index (χ1n) is 2.55. The average Bonchev–Trinajstić information content (AvgIpc) is 2.34. The van der Waals surface area contributed by atoms with Gasteiger partial charge in [0.05, 0.1) is 11.8 Å². The number of hydrogen-bond acceptors (Lipinski definition) is 4. The van der Waals surface area contributed by atoms with Crippen LogP contribution in [0.5, 0.6) is 0 Å². The van der Waals surface area contributed by atoms with E-state index in [-0.39, 0.29) is 11.6 Å². The van der Waals surface area contributed by atoms with Crippen molar-refractivity contribution in [2.75, 3.05) is 0 Å². The first-order valence-corrected chi connectivity index (χ1v) is 2.55. The van der Waals surface area contributed by atoms with E-state index in [1.165, 1.54) is 6.07 Å². The van der Waals surface area contributed by atoms with Crippen LogP contribution in [0.1, 0.15) is 5.76 Å². The molecule has 0 aliphatic carbocycles. The molecule has 0 amide bonds. The summed E-state index contributed by atoms with van der Waals surface area (Å²) in [6, 6.07) is 2.46. The topological polar surface area (TPSA) is 79.3 Å². The molecule has 0 aliphatic heterocycles. The maximum atomic E-state index is 10.1. The average molecular weight is 142 g/mol. The van der Waals surface area contributed by atoms with Crippen LogP contribution >= 0.6 is 0 Å². The van der Waals surface area contributed by atoms with Crippen LogP contribution in [0.2, 0.25) is 0 Å². The second-order valence-corrected chi connectivity index (χ2v) is 1.64. The van der Waals surface area contributed by atoms with E-state index in [1.54, 1.807) is 0 Å². The number of nitrogens with zero attached hydrogens (tertiary/aromatic N) is 1. The van der Waals surface area contributed by atoms with E-state index >= 15 is 0 Å². The van der Waals surface area contributed by atoms with E-state index in [0.717, 1.165) is 6.07 Å². The Morgan fingerprint density at radius 1 is 1.60 bits per heavy atom. The second kappa shape index (κ2) is 2.49. The Balaban J connectivity index is 2.88. The molecule has 0 fully saturated rings. The van der Waals surface area contributed by atoms with Crippen LogP contribution in [0.4, 0.5) is 5.88 Å². The van der Waals surface area contributed by atoms with E-state index in [1.807, 2.05) is 0 Å². The van der Waals surface area contributed by atoms with E-state index < -0.39 is 11.5 Å². The summed E-state index contributed by atoms with van der Waals surface area (Å²) >= 11 is 0. The lowest BCUT2D eigenvalue weighted by Gasteiger charge is -1.93. The molecule has 54 valence electrons. The fourth-order valence-electron chi connectivity index (χ4n) is 0.542. The first-order chi connectivity index (χ1) is 4.74. The van der Waals surface area contributed by atoms with Crippen molar-refractivity contribution >= 4 is 5.88 Å². The van der Waals surface area contributed by atoms with Crippen molar-refractivity contribution in [2.45, 2.75) is 6.61 Å². The Hall–Kier alpha value is -1.36. The van der Waals surface area contributed by atoms with Gasteiger partial charge >= 0.3 is 5.88 Å². The molecule has 0 atom stereocenters. The lowest BCUT2D eigenvalue weighted by atomic mass is 10.5. The Kier molecular flexibility index (Phi) is 1.68. The highest BCUT2D eigenvalue weighted by molar-refractivity contribution is 5.16. The van der Waals surface area contributed by atoms with Crippen molar-refractivity contribution in [3.8, 4) is 0 Å². The summed E-state index contributed by atoms with van der Waals surface area (Å²) in [6.45, 7) is -0.562. The van der Waals surface area contributed by atoms with Crippen molar-refractivity contribution in [1.82, 2.24) is 0 Å². The molecule has 0 bridgehead atoms. The number of hydrogen-bond donors (Lipinski definition) is 0. The second-order valence-electron chi connectivity index (χ2n) is 1.64. The normalized spacial score (nSPS) is 9.70. The standard InChI is InChI=1S/C5H4NO4/c7-3-4-1-2-5(10-4)6(8)9/h1-2H,3H2/q-1. The lowest BCUT2D eigenvalue weighted by molar-refractivity contribution is -0.408. The van der Waals surface area contributed by atoms with Gasteiger partial charge in [0.15, 0.2) is 0 Å². The Morgan fingerprint density at radius 3 is 2.60 bits per heavy atom. The summed E-state index contributed by atoms with van der Waals surface area (Å²) in [7, 11) is 0. The largest absolute Gasteiger partial charge is 0.849 e. The molecule has 0 saturated heterocycles. The van der Waals surface area contributed by atoms with E-state index in [9.17, 15) is 15.2 Å². The van der Waals surface area contributed by atoms with Crippen LogP contribution in [-0.4, -0.2) is 4.92 Å². The summed E-state index contributed by atoms with van der Waals surface area (Å²) < 4.78 is 4.48. The minimum atomic E-state index is -0.681. The van der Waals surface area contributed by atoms with Crippen molar-refractivity contribution in [3.63, 3.8) is 0 Å². The lowest BCUT2D eigenvalue weighted by Crippen LogP contribution is -2.00. The van der Waals surface area contributed by atoms with E-state index in [4.69, 9.17) is 0 Å². The van der Waals surface area contributed by atoms with Crippen molar-refractivity contribution < 1.29 is 14.4 Å².